The molecule has 0 saturated carbocycles. The van der Waals surface area contributed by atoms with E-state index in [-0.39, 0.29) is 12.2 Å². The van der Waals surface area contributed by atoms with Crippen molar-refractivity contribution >= 4 is 21.7 Å². The molecule has 0 radical (unpaired) electrons. The van der Waals surface area contributed by atoms with Gasteiger partial charge in [0.2, 0.25) is 0 Å². The Hall–Kier alpha value is -1.62. The predicted octanol–water partition coefficient (Wildman–Crippen LogP) is 3.49. The van der Waals surface area contributed by atoms with E-state index in [2.05, 4.69) is 20.9 Å². The lowest BCUT2D eigenvalue weighted by atomic mass is 10.0. The van der Waals surface area contributed by atoms with Crippen molar-refractivity contribution in [1.29, 1.82) is 0 Å². The molecular formula is C14H14BrNO3. The summed E-state index contributed by atoms with van der Waals surface area (Å²) in [6, 6.07) is 1.65. The van der Waals surface area contributed by atoms with Crippen LogP contribution < -0.4 is 4.74 Å². The fourth-order valence-corrected chi connectivity index (χ4v) is 2.45. The minimum Gasteiger partial charge on any atom is -0.496 e. The first-order valence-corrected chi connectivity index (χ1v) is 6.59. The molecule has 2 heterocycles. The summed E-state index contributed by atoms with van der Waals surface area (Å²) in [4.78, 5) is 16.5. The second-order valence-electron chi connectivity index (χ2n) is 4.25. The predicted molar refractivity (Wildman–Crippen MR) is 74.7 cm³/mol. The average Bonchev–Trinajstić information content (AvgIpc) is 2.80. The zero-order valence-electron chi connectivity index (χ0n) is 11.0. The van der Waals surface area contributed by atoms with Gasteiger partial charge in [-0.25, -0.2) is 0 Å². The minimum atomic E-state index is -0.0397. The molecule has 0 amide bonds. The zero-order chi connectivity index (χ0) is 14.0. The van der Waals surface area contributed by atoms with Crippen molar-refractivity contribution in [1.82, 2.24) is 4.98 Å². The van der Waals surface area contributed by atoms with Crippen molar-refractivity contribution in [2.75, 3.05) is 7.11 Å². The van der Waals surface area contributed by atoms with E-state index < -0.39 is 0 Å². The lowest BCUT2D eigenvalue weighted by Gasteiger charge is -2.11. The number of pyridine rings is 1. The highest BCUT2D eigenvalue weighted by atomic mass is 79.9. The Bertz CT molecular complexity index is 619. The van der Waals surface area contributed by atoms with Crippen LogP contribution in [0.5, 0.6) is 5.75 Å². The van der Waals surface area contributed by atoms with Gasteiger partial charge >= 0.3 is 0 Å². The number of halogens is 1. The maximum Gasteiger partial charge on any atom is 0.179 e. The lowest BCUT2D eigenvalue weighted by Crippen LogP contribution is -2.08. The third-order valence-corrected chi connectivity index (χ3v) is 3.61. The number of nitrogens with zero attached hydrogens (tertiary/aromatic N) is 1. The number of methoxy groups -OCH3 is 1. The highest BCUT2D eigenvalue weighted by Crippen LogP contribution is 2.26. The van der Waals surface area contributed by atoms with E-state index in [1.807, 2.05) is 13.8 Å². The van der Waals surface area contributed by atoms with Crippen molar-refractivity contribution < 1.29 is 13.9 Å². The van der Waals surface area contributed by atoms with Gasteiger partial charge in [-0.2, -0.15) is 0 Å². The molecule has 2 rings (SSSR count). The lowest BCUT2D eigenvalue weighted by molar-refractivity contribution is 0.0990. The summed E-state index contributed by atoms with van der Waals surface area (Å²) in [5.74, 6) is 0.742. The molecule has 0 bridgehead atoms. The number of aryl methyl sites for hydroxylation is 1. The van der Waals surface area contributed by atoms with Gasteiger partial charge in [-0.15, -0.1) is 0 Å². The Kier molecular flexibility index (Phi) is 4.04. The van der Waals surface area contributed by atoms with Crippen molar-refractivity contribution in [3.63, 3.8) is 0 Å². The van der Waals surface area contributed by atoms with Crippen LogP contribution in [0.3, 0.4) is 0 Å². The summed E-state index contributed by atoms with van der Waals surface area (Å²) in [5.41, 5.74) is 3.11. The first-order valence-electron chi connectivity index (χ1n) is 5.79. The van der Waals surface area contributed by atoms with Gasteiger partial charge < -0.3 is 9.15 Å². The fourth-order valence-electron chi connectivity index (χ4n) is 1.99. The molecule has 0 N–H and O–H groups in total. The van der Waals surface area contributed by atoms with Gasteiger partial charge in [-0.1, -0.05) is 0 Å². The molecule has 0 aliphatic rings. The molecule has 0 saturated heterocycles. The molecule has 0 fully saturated rings. The molecule has 100 valence electrons. The van der Waals surface area contributed by atoms with Crippen LogP contribution in [0, 0.1) is 13.8 Å². The van der Waals surface area contributed by atoms with Crippen molar-refractivity contribution in [3.05, 3.63) is 45.6 Å². The number of carbonyl (C=O) groups is 1. The van der Waals surface area contributed by atoms with E-state index in [1.54, 1.807) is 19.4 Å². The number of aromatic nitrogens is 1. The number of hydrogen-bond acceptors (Lipinski definition) is 4. The van der Waals surface area contributed by atoms with E-state index in [1.165, 1.54) is 6.26 Å². The van der Waals surface area contributed by atoms with E-state index in [4.69, 9.17) is 9.15 Å². The summed E-state index contributed by atoms with van der Waals surface area (Å²) in [6.45, 7) is 3.84. The second kappa shape index (κ2) is 5.57. The largest absolute Gasteiger partial charge is 0.496 e. The first-order chi connectivity index (χ1) is 9.04. The number of Topliss-reactive ketones (excluding diaryl/α,β-unsaturated/α-hetero) is 1. The Morgan fingerprint density at radius 2 is 2.21 bits per heavy atom. The highest BCUT2D eigenvalue weighted by Gasteiger charge is 2.17. The number of ketones is 1. The van der Waals surface area contributed by atoms with Gasteiger partial charge in [0.15, 0.2) is 10.5 Å². The molecule has 0 unspecified atom stereocenters. The van der Waals surface area contributed by atoms with Crippen molar-refractivity contribution in [2.24, 2.45) is 0 Å². The van der Waals surface area contributed by atoms with E-state index in [9.17, 15) is 4.79 Å². The maximum atomic E-state index is 12.2. The van der Waals surface area contributed by atoms with Crippen molar-refractivity contribution in [2.45, 2.75) is 20.3 Å². The van der Waals surface area contributed by atoms with Crippen molar-refractivity contribution in [3.8, 4) is 5.75 Å². The van der Waals surface area contributed by atoms with Crippen LogP contribution in [0.15, 0.2) is 27.6 Å². The number of carbonyl (C=O) groups excluding carboxylic acids is 1. The van der Waals surface area contributed by atoms with E-state index >= 15 is 0 Å². The molecule has 0 spiro atoms. The van der Waals surface area contributed by atoms with Gasteiger partial charge in [0.1, 0.15) is 5.75 Å². The highest BCUT2D eigenvalue weighted by molar-refractivity contribution is 9.10. The maximum absolute atomic E-state index is 12.2. The van der Waals surface area contributed by atoms with E-state index in [0.29, 0.717) is 10.2 Å². The minimum absolute atomic E-state index is 0.0397. The van der Waals surface area contributed by atoms with Gasteiger partial charge in [-0.3, -0.25) is 9.78 Å². The third-order valence-electron chi connectivity index (χ3n) is 3.00. The summed E-state index contributed by atoms with van der Waals surface area (Å²) in [5, 5.41) is 0. The number of rotatable bonds is 4. The molecule has 19 heavy (non-hydrogen) atoms. The molecule has 0 aliphatic carbocycles. The molecule has 2 aromatic rings. The average molecular weight is 324 g/mol. The van der Waals surface area contributed by atoms with Crippen LogP contribution in [0.2, 0.25) is 0 Å². The monoisotopic (exact) mass is 323 g/mol. The van der Waals surface area contributed by atoms with Gasteiger partial charge in [0.05, 0.1) is 31.1 Å². The smallest absolute Gasteiger partial charge is 0.179 e. The molecule has 0 aromatic carbocycles. The van der Waals surface area contributed by atoms with Gasteiger partial charge in [0, 0.05) is 17.3 Å². The molecule has 0 aliphatic heterocycles. The molecule has 4 nitrogen and oxygen atoms in total. The third kappa shape index (κ3) is 2.71. The molecule has 2 aromatic heterocycles. The summed E-state index contributed by atoms with van der Waals surface area (Å²) >= 11 is 3.21. The summed E-state index contributed by atoms with van der Waals surface area (Å²) in [6.07, 6.45) is 3.42. The van der Waals surface area contributed by atoms with E-state index in [0.717, 1.165) is 22.6 Å². The quantitative estimate of drug-likeness (QED) is 0.808. The Labute approximate surface area is 119 Å². The molecular weight excluding hydrogens is 310 g/mol. The van der Waals surface area contributed by atoms with Crippen LogP contribution >= 0.6 is 15.9 Å². The van der Waals surface area contributed by atoms with Gasteiger partial charge in [-0.05, 0) is 35.8 Å². The summed E-state index contributed by atoms with van der Waals surface area (Å²) in [7, 11) is 1.62. The number of furan rings is 1. The number of hydrogen-bond donors (Lipinski definition) is 0. The topological polar surface area (TPSA) is 52.3 Å². The zero-order valence-corrected chi connectivity index (χ0v) is 12.6. The normalized spacial score (nSPS) is 10.5. The Balaban J connectivity index is 2.30. The van der Waals surface area contributed by atoms with Crippen LogP contribution in [0.25, 0.3) is 0 Å². The Morgan fingerprint density at radius 1 is 1.47 bits per heavy atom. The second-order valence-corrected chi connectivity index (χ2v) is 4.97. The Morgan fingerprint density at radius 3 is 2.79 bits per heavy atom. The molecule has 0 atom stereocenters. The van der Waals surface area contributed by atoms with Crippen LogP contribution in [0.1, 0.15) is 27.2 Å². The first kappa shape index (κ1) is 13.8. The summed E-state index contributed by atoms with van der Waals surface area (Å²) < 4.78 is 10.9. The van der Waals surface area contributed by atoms with Crippen LogP contribution in [-0.4, -0.2) is 17.9 Å². The van der Waals surface area contributed by atoms with Crippen LogP contribution in [0.4, 0.5) is 0 Å². The fraction of sp³-hybridized carbons (Fsp3) is 0.286. The number of ether oxygens (including phenoxy) is 1. The van der Waals surface area contributed by atoms with Crippen LogP contribution in [-0.2, 0) is 6.42 Å². The standard InChI is InChI=1S/C14H14BrNO3/c1-8-7-16-11(9(2)13(8)18-3)6-12(17)10-4-5-19-14(10)15/h4-5,7H,6H2,1-3H3. The van der Waals surface area contributed by atoms with Gasteiger partial charge in [0.25, 0.3) is 0 Å². The SMILES string of the molecule is COc1c(C)cnc(CC(=O)c2ccoc2Br)c1C. The molecule has 5 heteroatoms.